The summed E-state index contributed by atoms with van der Waals surface area (Å²) in [6.07, 6.45) is 5.32. The molecule has 3 nitrogen and oxygen atoms in total. The van der Waals surface area contributed by atoms with Gasteiger partial charge in [0.25, 0.3) is 0 Å². The largest absolute Gasteiger partial charge is 0.312 e. The minimum Gasteiger partial charge on any atom is -0.312 e. The highest BCUT2D eigenvalue weighted by molar-refractivity contribution is 4.83. The first-order chi connectivity index (χ1) is 10.0. The Morgan fingerprint density at radius 1 is 1.19 bits per heavy atom. The maximum absolute atomic E-state index is 3.86. The summed E-state index contributed by atoms with van der Waals surface area (Å²) in [7, 11) is 4.46. The lowest BCUT2D eigenvalue weighted by atomic mass is 9.90. The van der Waals surface area contributed by atoms with E-state index in [0.29, 0.717) is 12.1 Å². The van der Waals surface area contributed by atoms with E-state index >= 15 is 0 Å². The number of hydrogen-bond donors (Lipinski definition) is 1. The summed E-state index contributed by atoms with van der Waals surface area (Å²) in [6, 6.07) is 1.30. The van der Waals surface area contributed by atoms with Crippen LogP contribution in [-0.2, 0) is 0 Å². The third-order valence-electron chi connectivity index (χ3n) is 5.60. The van der Waals surface area contributed by atoms with Crippen LogP contribution in [0.2, 0.25) is 0 Å². The fourth-order valence-corrected chi connectivity index (χ4v) is 3.86. The van der Waals surface area contributed by atoms with E-state index < -0.39 is 0 Å². The lowest BCUT2D eigenvalue weighted by Gasteiger charge is -2.37. The third kappa shape index (κ3) is 5.88. The number of hydrogen-bond acceptors (Lipinski definition) is 3. The Balaban J connectivity index is 2.47. The van der Waals surface area contributed by atoms with E-state index in [1.54, 1.807) is 0 Å². The van der Waals surface area contributed by atoms with Gasteiger partial charge in [0.15, 0.2) is 0 Å². The molecule has 1 heterocycles. The molecule has 0 aromatic heterocycles. The predicted octanol–water partition coefficient (Wildman–Crippen LogP) is 3.06. The molecular weight excluding hydrogens is 258 g/mol. The first-order valence-electron chi connectivity index (χ1n) is 9.15. The van der Waals surface area contributed by atoms with Gasteiger partial charge in [0, 0.05) is 25.2 Å². The van der Waals surface area contributed by atoms with Crippen molar-refractivity contribution in [2.24, 2.45) is 11.8 Å². The van der Waals surface area contributed by atoms with Crippen LogP contribution in [0.3, 0.4) is 0 Å². The average molecular weight is 298 g/mol. The summed E-state index contributed by atoms with van der Waals surface area (Å²) < 4.78 is 0. The normalized spacial score (nSPS) is 23.7. The van der Waals surface area contributed by atoms with Crippen molar-refractivity contribution in [1.29, 1.82) is 0 Å². The SMILES string of the molecule is CCC(CC)C(CNC(C)C1CCCN(CC)C1)N(C)C. The van der Waals surface area contributed by atoms with Gasteiger partial charge in [-0.25, -0.2) is 0 Å². The van der Waals surface area contributed by atoms with E-state index in [-0.39, 0.29) is 0 Å². The summed E-state index contributed by atoms with van der Waals surface area (Å²) in [6.45, 7) is 14.2. The molecule has 3 unspecified atom stereocenters. The van der Waals surface area contributed by atoms with Crippen LogP contribution in [0.5, 0.6) is 0 Å². The highest BCUT2D eigenvalue weighted by Gasteiger charge is 2.26. The fraction of sp³-hybridized carbons (Fsp3) is 1.00. The predicted molar refractivity (Wildman–Crippen MR) is 93.8 cm³/mol. The summed E-state index contributed by atoms with van der Waals surface area (Å²) in [5.41, 5.74) is 0. The zero-order valence-corrected chi connectivity index (χ0v) is 15.4. The number of nitrogens with zero attached hydrogens (tertiary/aromatic N) is 2. The molecule has 0 aromatic carbocycles. The van der Waals surface area contributed by atoms with Crippen molar-refractivity contribution in [3.05, 3.63) is 0 Å². The van der Waals surface area contributed by atoms with E-state index in [2.05, 4.69) is 56.9 Å². The van der Waals surface area contributed by atoms with Crippen LogP contribution in [0, 0.1) is 11.8 Å². The summed E-state index contributed by atoms with van der Waals surface area (Å²) in [5, 5.41) is 3.86. The Hall–Kier alpha value is -0.120. The zero-order valence-electron chi connectivity index (χ0n) is 15.4. The van der Waals surface area contributed by atoms with Crippen molar-refractivity contribution in [1.82, 2.24) is 15.1 Å². The Kier molecular flexibility index (Phi) is 8.84. The van der Waals surface area contributed by atoms with Crippen molar-refractivity contribution >= 4 is 0 Å². The second-order valence-electron chi connectivity index (χ2n) is 7.10. The van der Waals surface area contributed by atoms with E-state index in [1.165, 1.54) is 45.3 Å². The summed E-state index contributed by atoms with van der Waals surface area (Å²) in [5.74, 6) is 1.63. The zero-order chi connectivity index (χ0) is 15.8. The standard InChI is InChI=1S/C18H39N3/c1-7-16(8-2)18(20(5)6)13-19-15(4)17-11-10-12-21(9-3)14-17/h15-19H,7-14H2,1-6H3. The molecule has 126 valence electrons. The first kappa shape index (κ1) is 18.9. The molecule has 0 aromatic rings. The highest BCUT2D eigenvalue weighted by Crippen LogP contribution is 2.21. The van der Waals surface area contributed by atoms with Gasteiger partial charge in [0.05, 0.1) is 0 Å². The van der Waals surface area contributed by atoms with Crippen molar-refractivity contribution in [3.63, 3.8) is 0 Å². The van der Waals surface area contributed by atoms with Gasteiger partial charge in [-0.15, -0.1) is 0 Å². The smallest absolute Gasteiger partial charge is 0.0242 e. The molecule has 0 radical (unpaired) electrons. The molecule has 1 fully saturated rings. The van der Waals surface area contributed by atoms with Gasteiger partial charge in [-0.05, 0) is 58.8 Å². The number of piperidine rings is 1. The van der Waals surface area contributed by atoms with Gasteiger partial charge < -0.3 is 15.1 Å². The molecule has 0 amide bonds. The van der Waals surface area contributed by atoms with Gasteiger partial charge in [0.1, 0.15) is 0 Å². The second-order valence-corrected chi connectivity index (χ2v) is 7.10. The van der Waals surface area contributed by atoms with Gasteiger partial charge in [0.2, 0.25) is 0 Å². The fourth-order valence-electron chi connectivity index (χ4n) is 3.86. The maximum atomic E-state index is 3.86. The molecule has 3 atom stereocenters. The Labute approximate surface area is 133 Å². The lowest BCUT2D eigenvalue weighted by Crippen LogP contribution is -2.49. The molecule has 0 bridgehead atoms. The third-order valence-corrected chi connectivity index (χ3v) is 5.60. The van der Waals surface area contributed by atoms with Gasteiger partial charge >= 0.3 is 0 Å². The minimum atomic E-state index is 0.635. The molecule has 21 heavy (non-hydrogen) atoms. The lowest BCUT2D eigenvalue weighted by molar-refractivity contribution is 0.143. The van der Waals surface area contributed by atoms with Crippen molar-refractivity contribution < 1.29 is 0 Å². The topological polar surface area (TPSA) is 18.5 Å². The van der Waals surface area contributed by atoms with Crippen molar-refractivity contribution in [2.45, 2.75) is 65.5 Å². The minimum absolute atomic E-state index is 0.635. The second kappa shape index (κ2) is 9.81. The molecule has 0 saturated carbocycles. The molecule has 0 aliphatic carbocycles. The van der Waals surface area contributed by atoms with Gasteiger partial charge in [-0.3, -0.25) is 0 Å². The molecule has 1 aliphatic rings. The van der Waals surface area contributed by atoms with Crippen LogP contribution in [0.25, 0.3) is 0 Å². The molecule has 3 heteroatoms. The Morgan fingerprint density at radius 3 is 2.38 bits per heavy atom. The average Bonchev–Trinajstić information content (AvgIpc) is 2.50. The summed E-state index contributed by atoms with van der Waals surface area (Å²) in [4.78, 5) is 5.02. The Bertz CT molecular complexity index is 263. The molecule has 1 rings (SSSR count). The van der Waals surface area contributed by atoms with Crippen LogP contribution < -0.4 is 5.32 Å². The van der Waals surface area contributed by atoms with Crippen LogP contribution >= 0.6 is 0 Å². The molecule has 0 spiro atoms. The van der Waals surface area contributed by atoms with E-state index in [1.807, 2.05) is 0 Å². The highest BCUT2D eigenvalue weighted by atomic mass is 15.1. The number of nitrogens with one attached hydrogen (secondary N) is 1. The van der Waals surface area contributed by atoms with Gasteiger partial charge in [-0.1, -0.05) is 33.6 Å². The Morgan fingerprint density at radius 2 is 1.86 bits per heavy atom. The van der Waals surface area contributed by atoms with Crippen LogP contribution in [-0.4, -0.2) is 62.2 Å². The maximum Gasteiger partial charge on any atom is 0.0242 e. The van der Waals surface area contributed by atoms with Crippen molar-refractivity contribution in [2.75, 3.05) is 40.3 Å². The van der Waals surface area contributed by atoms with E-state index in [9.17, 15) is 0 Å². The number of rotatable bonds is 9. The van der Waals surface area contributed by atoms with Crippen LogP contribution in [0.1, 0.15) is 53.4 Å². The monoisotopic (exact) mass is 297 g/mol. The van der Waals surface area contributed by atoms with Crippen LogP contribution in [0.15, 0.2) is 0 Å². The number of likely N-dealkylation sites (tertiary alicyclic amines) is 1. The first-order valence-corrected chi connectivity index (χ1v) is 9.15. The van der Waals surface area contributed by atoms with Crippen molar-refractivity contribution in [3.8, 4) is 0 Å². The van der Waals surface area contributed by atoms with E-state index in [4.69, 9.17) is 0 Å². The van der Waals surface area contributed by atoms with E-state index in [0.717, 1.165) is 18.4 Å². The summed E-state index contributed by atoms with van der Waals surface area (Å²) >= 11 is 0. The van der Waals surface area contributed by atoms with Gasteiger partial charge in [-0.2, -0.15) is 0 Å². The number of likely N-dealkylation sites (N-methyl/N-ethyl adjacent to an activating group) is 1. The quantitative estimate of drug-likeness (QED) is 0.705. The molecule has 1 aliphatic heterocycles. The molecule has 1 N–H and O–H groups in total. The molecular formula is C18H39N3. The molecule has 1 saturated heterocycles. The van der Waals surface area contributed by atoms with Crippen LogP contribution in [0.4, 0.5) is 0 Å².